The highest BCUT2D eigenvalue weighted by molar-refractivity contribution is 5.91. The number of rotatable bonds is 2. The highest BCUT2D eigenvalue weighted by Crippen LogP contribution is 2.21. The molecule has 92 valence electrons. The number of nitrogens with zero attached hydrogens (tertiary/aromatic N) is 1. The fourth-order valence-electron chi connectivity index (χ4n) is 2.20. The van der Waals surface area contributed by atoms with Gasteiger partial charge in [0.25, 0.3) is 5.91 Å². The number of ketones is 1. The Balaban J connectivity index is 2.02. The summed E-state index contributed by atoms with van der Waals surface area (Å²) in [7, 11) is 1.78. The molecule has 0 bridgehead atoms. The summed E-state index contributed by atoms with van der Waals surface area (Å²) in [6.45, 7) is 1.82. The number of hydrogen-bond donors (Lipinski definition) is 0. The van der Waals surface area contributed by atoms with Crippen LogP contribution in [-0.4, -0.2) is 29.7 Å². The van der Waals surface area contributed by atoms with E-state index in [0.717, 1.165) is 18.6 Å². The van der Waals surface area contributed by atoms with Crippen LogP contribution in [0.5, 0.6) is 0 Å². The zero-order chi connectivity index (χ0) is 12.4. The van der Waals surface area contributed by atoms with Gasteiger partial charge in [0.05, 0.1) is 0 Å². The van der Waals surface area contributed by atoms with Gasteiger partial charge in [-0.3, -0.25) is 9.59 Å². The second-order valence-electron chi connectivity index (χ2n) is 4.60. The van der Waals surface area contributed by atoms with Crippen LogP contribution < -0.4 is 0 Å². The molecule has 1 fully saturated rings. The standard InChI is InChI=1S/C13H17NO3/c1-9-3-8-12(17-9)13(16)14(2)10-4-6-11(15)7-5-10/h3,8,10H,4-7H2,1-2H3. The van der Waals surface area contributed by atoms with Crippen LogP contribution in [0, 0.1) is 6.92 Å². The molecule has 0 atom stereocenters. The Hall–Kier alpha value is -1.58. The molecule has 0 saturated heterocycles. The molecule has 0 aromatic carbocycles. The molecule has 0 aliphatic heterocycles. The minimum atomic E-state index is -0.0996. The molecule has 0 N–H and O–H groups in total. The average Bonchev–Trinajstić information content (AvgIpc) is 2.75. The SMILES string of the molecule is Cc1ccc(C(=O)N(C)C2CCC(=O)CC2)o1. The van der Waals surface area contributed by atoms with E-state index in [4.69, 9.17) is 4.42 Å². The minimum absolute atomic E-state index is 0.0996. The van der Waals surface area contributed by atoms with Crippen molar-refractivity contribution < 1.29 is 14.0 Å². The smallest absolute Gasteiger partial charge is 0.289 e. The summed E-state index contributed by atoms with van der Waals surface area (Å²) < 4.78 is 5.32. The third kappa shape index (κ3) is 2.57. The molecule has 1 aliphatic rings. The maximum atomic E-state index is 12.1. The fourth-order valence-corrected chi connectivity index (χ4v) is 2.20. The summed E-state index contributed by atoms with van der Waals surface area (Å²) in [4.78, 5) is 24.9. The Kier molecular flexibility index (Phi) is 3.31. The quantitative estimate of drug-likeness (QED) is 0.789. The van der Waals surface area contributed by atoms with E-state index >= 15 is 0 Å². The van der Waals surface area contributed by atoms with Crippen molar-refractivity contribution in [2.24, 2.45) is 0 Å². The molecule has 1 amide bonds. The molecule has 4 nitrogen and oxygen atoms in total. The Bertz CT molecular complexity index is 426. The van der Waals surface area contributed by atoms with E-state index in [-0.39, 0.29) is 11.9 Å². The first-order valence-corrected chi connectivity index (χ1v) is 5.93. The summed E-state index contributed by atoms with van der Waals surface area (Å²) >= 11 is 0. The molecule has 1 aromatic rings. The van der Waals surface area contributed by atoms with Crippen molar-refractivity contribution in [3.05, 3.63) is 23.7 Å². The fraction of sp³-hybridized carbons (Fsp3) is 0.538. The number of amides is 1. The second kappa shape index (κ2) is 4.73. The highest BCUT2D eigenvalue weighted by Gasteiger charge is 2.27. The van der Waals surface area contributed by atoms with E-state index in [1.807, 2.05) is 6.92 Å². The van der Waals surface area contributed by atoms with Gasteiger partial charge in [0.1, 0.15) is 11.5 Å². The summed E-state index contributed by atoms with van der Waals surface area (Å²) in [6, 6.07) is 3.64. The summed E-state index contributed by atoms with van der Waals surface area (Å²) in [5.41, 5.74) is 0. The molecular weight excluding hydrogens is 218 g/mol. The van der Waals surface area contributed by atoms with E-state index in [2.05, 4.69) is 0 Å². The predicted octanol–water partition coefficient (Wildman–Crippen LogP) is 2.17. The molecule has 0 spiro atoms. The normalized spacial score (nSPS) is 17.2. The third-order valence-electron chi connectivity index (χ3n) is 3.33. The number of hydrogen-bond acceptors (Lipinski definition) is 3. The summed E-state index contributed by atoms with van der Waals surface area (Å²) in [5.74, 6) is 1.32. The molecule has 17 heavy (non-hydrogen) atoms. The predicted molar refractivity (Wildman–Crippen MR) is 62.8 cm³/mol. The minimum Gasteiger partial charge on any atom is -0.456 e. The number of carbonyl (C=O) groups excluding carboxylic acids is 2. The topological polar surface area (TPSA) is 50.5 Å². The molecule has 0 unspecified atom stereocenters. The zero-order valence-electron chi connectivity index (χ0n) is 10.2. The van der Waals surface area contributed by atoms with Crippen LogP contribution in [0.15, 0.2) is 16.5 Å². The van der Waals surface area contributed by atoms with Crippen molar-refractivity contribution in [3.8, 4) is 0 Å². The van der Waals surface area contributed by atoms with Gasteiger partial charge in [0.2, 0.25) is 0 Å². The maximum Gasteiger partial charge on any atom is 0.289 e. The molecule has 1 aromatic heterocycles. The number of carbonyl (C=O) groups is 2. The van der Waals surface area contributed by atoms with Crippen molar-refractivity contribution in [3.63, 3.8) is 0 Å². The highest BCUT2D eigenvalue weighted by atomic mass is 16.3. The van der Waals surface area contributed by atoms with Crippen LogP contribution in [0.2, 0.25) is 0 Å². The number of furan rings is 1. The molecule has 4 heteroatoms. The van der Waals surface area contributed by atoms with Crippen LogP contribution in [0.25, 0.3) is 0 Å². The van der Waals surface area contributed by atoms with Gasteiger partial charge in [-0.2, -0.15) is 0 Å². The zero-order valence-corrected chi connectivity index (χ0v) is 10.2. The lowest BCUT2D eigenvalue weighted by atomic mass is 9.93. The van der Waals surface area contributed by atoms with Crippen molar-refractivity contribution in [2.75, 3.05) is 7.05 Å². The van der Waals surface area contributed by atoms with Gasteiger partial charge in [-0.1, -0.05) is 0 Å². The average molecular weight is 235 g/mol. The Morgan fingerprint density at radius 3 is 2.53 bits per heavy atom. The first-order valence-electron chi connectivity index (χ1n) is 5.93. The monoisotopic (exact) mass is 235 g/mol. The van der Waals surface area contributed by atoms with Crippen molar-refractivity contribution in [2.45, 2.75) is 38.6 Å². The van der Waals surface area contributed by atoms with Gasteiger partial charge >= 0.3 is 0 Å². The van der Waals surface area contributed by atoms with Crippen LogP contribution in [0.3, 0.4) is 0 Å². The van der Waals surface area contributed by atoms with Crippen LogP contribution >= 0.6 is 0 Å². The van der Waals surface area contributed by atoms with Gasteiger partial charge < -0.3 is 9.32 Å². The summed E-state index contributed by atoms with van der Waals surface area (Å²) in [6.07, 6.45) is 2.69. The molecule has 1 aliphatic carbocycles. The number of Topliss-reactive ketones (excluding diaryl/α,β-unsaturated/α-hetero) is 1. The van der Waals surface area contributed by atoms with Crippen molar-refractivity contribution in [1.82, 2.24) is 4.90 Å². The Labute approximate surface area is 101 Å². The molecule has 1 saturated carbocycles. The van der Waals surface area contributed by atoms with Crippen molar-refractivity contribution >= 4 is 11.7 Å². The lowest BCUT2D eigenvalue weighted by Crippen LogP contribution is -2.39. The van der Waals surface area contributed by atoms with Crippen LogP contribution in [0.1, 0.15) is 42.0 Å². The first kappa shape index (κ1) is 11.9. The molecular formula is C13H17NO3. The first-order chi connectivity index (χ1) is 8.08. The Morgan fingerprint density at radius 1 is 1.35 bits per heavy atom. The molecule has 2 rings (SSSR count). The lowest BCUT2D eigenvalue weighted by molar-refractivity contribution is -0.121. The van der Waals surface area contributed by atoms with Gasteiger partial charge in [0.15, 0.2) is 5.76 Å². The maximum absolute atomic E-state index is 12.1. The largest absolute Gasteiger partial charge is 0.456 e. The van der Waals surface area contributed by atoms with E-state index in [1.165, 1.54) is 0 Å². The van der Waals surface area contributed by atoms with E-state index in [1.54, 1.807) is 24.1 Å². The Morgan fingerprint density at radius 2 is 2.00 bits per heavy atom. The summed E-state index contributed by atoms with van der Waals surface area (Å²) in [5, 5.41) is 0. The van der Waals surface area contributed by atoms with Crippen LogP contribution in [0.4, 0.5) is 0 Å². The van der Waals surface area contributed by atoms with Gasteiger partial charge in [-0.05, 0) is 31.9 Å². The van der Waals surface area contributed by atoms with Gasteiger partial charge in [-0.25, -0.2) is 0 Å². The second-order valence-corrected chi connectivity index (χ2v) is 4.60. The van der Waals surface area contributed by atoms with Crippen LogP contribution in [-0.2, 0) is 4.79 Å². The van der Waals surface area contributed by atoms with Gasteiger partial charge in [0, 0.05) is 25.9 Å². The van der Waals surface area contributed by atoms with Gasteiger partial charge in [-0.15, -0.1) is 0 Å². The number of aryl methyl sites for hydroxylation is 1. The molecule has 1 heterocycles. The third-order valence-corrected chi connectivity index (χ3v) is 3.33. The lowest BCUT2D eigenvalue weighted by Gasteiger charge is -2.30. The van der Waals surface area contributed by atoms with Crippen molar-refractivity contribution in [1.29, 1.82) is 0 Å². The van der Waals surface area contributed by atoms with E-state index < -0.39 is 0 Å². The van der Waals surface area contributed by atoms with E-state index in [9.17, 15) is 9.59 Å². The molecule has 0 radical (unpaired) electrons. The van der Waals surface area contributed by atoms with E-state index in [0.29, 0.717) is 24.4 Å².